The highest BCUT2D eigenvalue weighted by molar-refractivity contribution is 5.76. The van der Waals surface area contributed by atoms with Crippen LogP contribution in [0.2, 0.25) is 0 Å². The van der Waals surface area contributed by atoms with E-state index in [1.807, 2.05) is 0 Å². The number of nitrogens with one attached hydrogen (secondary N) is 1. The molecule has 0 saturated heterocycles. The van der Waals surface area contributed by atoms with E-state index in [1.165, 1.54) is 257 Å². The highest BCUT2D eigenvalue weighted by Gasteiger charge is 2.20. The zero-order chi connectivity index (χ0) is 51.3. The molecule has 0 aliphatic carbocycles. The highest BCUT2D eigenvalue weighted by atomic mass is 16.3. The van der Waals surface area contributed by atoms with Crippen LogP contribution in [0, 0.1) is 0 Å². The van der Waals surface area contributed by atoms with E-state index >= 15 is 0 Å². The van der Waals surface area contributed by atoms with Crippen molar-refractivity contribution >= 4 is 5.91 Å². The van der Waals surface area contributed by atoms with Crippen molar-refractivity contribution in [3.8, 4) is 0 Å². The van der Waals surface area contributed by atoms with Crippen LogP contribution in [0.5, 0.6) is 0 Å². The minimum absolute atomic E-state index is 0.0252. The van der Waals surface area contributed by atoms with Crippen LogP contribution >= 0.6 is 0 Å². The molecule has 4 nitrogen and oxygen atoms in total. The molecule has 0 rings (SSSR count). The van der Waals surface area contributed by atoms with Gasteiger partial charge in [0.1, 0.15) is 0 Å². The summed E-state index contributed by atoms with van der Waals surface area (Å²) in [6.45, 7) is 4.28. The fraction of sp³-hybridized carbons (Fsp3) is 0.836. The SMILES string of the molecule is CC/C=C\C/C=C\C/C=C\C/C=C\C/C=C\CCCCCCCCCCCCCCCCCCCCCCCC(=O)NC(CO)C(O)CCCCCCCCCCCCCCCCCCCCCCCC. The maximum Gasteiger partial charge on any atom is 0.220 e. The average molecular weight is 993 g/mol. The lowest BCUT2D eigenvalue weighted by molar-refractivity contribution is -0.123. The van der Waals surface area contributed by atoms with E-state index in [2.05, 4.69) is 79.9 Å². The molecule has 0 aromatic carbocycles. The number of carbonyl (C=O) groups is 1. The average Bonchev–Trinajstić information content (AvgIpc) is 3.37. The Morgan fingerprint density at radius 2 is 0.620 bits per heavy atom. The topological polar surface area (TPSA) is 69.6 Å². The molecule has 0 saturated carbocycles. The lowest BCUT2D eigenvalue weighted by Crippen LogP contribution is -2.45. The largest absolute Gasteiger partial charge is 0.394 e. The molecular weight excluding hydrogens is 867 g/mol. The Bertz CT molecular complexity index is 1170. The van der Waals surface area contributed by atoms with Crippen LogP contribution in [-0.4, -0.2) is 34.9 Å². The molecule has 416 valence electrons. The molecule has 0 aromatic heterocycles. The van der Waals surface area contributed by atoms with Gasteiger partial charge in [-0.05, 0) is 57.8 Å². The van der Waals surface area contributed by atoms with E-state index in [1.54, 1.807) is 0 Å². The predicted octanol–water partition coefficient (Wildman–Crippen LogP) is 21.5. The van der Waals surface area contributed by atoms with Gasteiger partial charge in [-0.15, -0.1) is 0 Å². The Labute approximate surface area is 445 Å². The molecule has 0 aliphatic heterocycles. The van der Waals surface area contributed by atoms with Gasteiger partial charge in [0.05, 0.1) is 18.8 Å². The summed E-state index contributed by atoms with van der Waals surface area (Å²) in [5.74, 6) is -0.0252. The Kier molecular flexibility index (Phi) is 60.7. The standard InChI is InChI=1S/C67H125NO3/c1-3-5-7-9-11-13-15-17-19-21-23-25-27-28-29-30-31-32-33-34-35-36-37-38-39-40-41-43-45-47-49-51-53-55-57-59-61-63-67(71)68-65(64-69)66(70)62-60-58-56-54-52-50-48-46-44-42-26-24-22-20-18-16-14-12-10-8-6-4-2/h5,7,11,13,17,19,23,25,28-29,65-66,69-70H,3-4,6,8-10,12,14-16,18,20-22,24,26-27,30-64H2,1-2H3,(H,68,71)/b7-5-,13-11-,19-17-,25-23-,29-28-. The molecule has 71 heavy (non-hydrogen) atoms. The van der Waals surface area contributed by atoms with E-state index in [9.17, 15) is 15.0 Å². The molecule has 1 amide bonds. The quantitative estimate of drug-likeness (QED) is 0.0420. The fourth-order valence-corrected chi connectivity index (χ4v) is 9.98. The Balaban J connectivity index is 3.41. The zero-order valence-electron chi connectivity index (χ0n) is 48.0. The second kappa shape index (κ2) is 62.4. The highest BCUT2D eigenvalue weighted by Crippen LogP contribution is 2.18. The maximum absolute atomic E-state index is 12.5. The van der Waals surface area contributed by atoms with E-state index in [0.29, 0.717) is 12.8 Å². The van der Waals surface area contributed by atoms with E-state index in [0.717, 1.165) is 57.8 Å². The Morgan fingerprint density at radius 1 is 0.352 bits per heavy atom. The second-order valence-corrected chi connectivity index (χ2v) is 21.8. The van der Waals surface area contributed by atoms with Crippen molar-refractivity contribution in [2.75, 3.05) is 6.61 Å². The predicted molar refractivity (Wildman–Crippen MR) is 318 cm³/mol. The van der Waals surface area contributed by atoms with Crippen LogP contribution in [0.25, 0.3) is 0 Å². The third kappa shape index (κ3) is 58.8. The molecule has 0 radical (unpaired) electrons. The molecule has 0 aromatic rings. The minimum atomic E-state index is -0.660. The number of aliphatic hydroxyl groups is 2. The van der Waals surface area contributed by atoms with Crippen LogP contribution in [0.3, 0.4) is 0 Å². The van der Waals surface area contributed by atoms with Crippen LogP contribution in [-0.2, 0) is 4.79 Å². The lowest BCUT2D eigenvalue weighted by atomic mass is 10.0. The van der Waals surface area contributed by atoms with E-state index < -0.39 is 12.1 Å². The van der Waals surface area contributed by atoms with Gasteiger partial charge in [0, 0.05) is 6.42 Å². The van der Waals surface area contributed by atoms with Crippen molar-refractivity contribution < 1.29 is 15.0 Å². The van der Waals surface area contributed by atoms with Gasteiger partial charge in [-0.2, -0.15) is 0 Å². The summed E-state index contributed by atoms with van der Waals surface area (Å²) in [7, 11) is 0. The van der Waals surface area contributed by atoms with Crippen molar-refractivity contribution in [1.29, 1.82) is 0 Å². The van der Waals surface area contributed by atoms with Crippen molar-refractivity contribution in [3.05, 3.63) is 60.8 Å². The number of hydrogen-bond donors (Lipinski definition) is 3. The number of amides is 1. The Morgan fingerprint density at radius 3 is 0.930 bits per heavy atom. The van der Waals surface area contributed by atoms with Gasteiger partial charge in [-0.3, -0.25) is 4.79 Å². The van der Waals surface area contributed by atoms with Gasteiger partial charge in [-0.1, -0.05) is 338 Å². The second-order valence-electron chi connectivity index (χ2n) is 21.8. The lowest BCUT2D eigenvalue weighted by Gasteiger charge is -2.22. The van der Waals surface area contributed by atoms with Crippen LogP contribution in [0.1, 0.15) is 341 Å². The zero-order valence-corrected chi connectivity index (χ0v) is 48.0. The van der Waals surface area contributed by atoms with Crippen LogP contribution in [0.4, 0.5) is 0 Å². The molecule has 2 atom stereocenters. The van der Waals surface area contributed by atoms with Gasteiger partial charge in [0.25, 0.3) is 0 Å². The molecule has 0 heterocycles. The Hall–Kier alpha value is -1.91. The number of carbonyl (C=O) groups excluding carboxylic acids is 1. The van der Waals surface area contributed by atoms with Crippen molar-refractivity contribution in [2.45, 2.75) is 353 Å². The number of rotatable bonds is 59. The third-order valence-electron chi connectivity index (χ3n) is 14.8. The first-order valence-corrected chi connectivity index (χ1v) is 32.0. The summed E-state index contributed by atoms with van der Waals surface area (Å²) in [5, 5.41) is 23.4. The summed E-state index contributed by atoms with van der Waals surface area (Å²) in [6, 6.07) is -0.537. The third-order valence-corrected chi connectivity index (χ3v) is 14.8. The summed E-state index contributed by atoms with van der Waals surface area (Å²) in [4.78, 5) is 12.5. The monoisotopic (exact) mass is 992 g/mol. The summed E-state index contributed by atoms with van der Waals surface area (Å²) in [5.41, 5.74) is 0. The fourth-order valence-electron chi connectivity index (χ4n) is 9.98. The summed E-state index contributed by atoms with van der Waals surface area (Å²) >= 11 is 0. The van der Waals surface area contributed by atoms with E-state index in [4.69, 9.17) is 0 Å². The first kappa shape index (κ1) is 69.1. The normalized spacial score (nSPS) is 13.1. The molecule has 0 fully saturated rings. The first-order valence-electron chi connectivity index (χ1n) is 32.0. The molecule has 3 N–H and O–H groups in total. The van der Waals surface area contributed by atoms with Gasteiger partial charge in [0.15, 0.2) is 0 Å². The number of aliphatic hydroxyl groups excluding tert-OH is 2. The van der Waals surface area contributed by atoms with Crippen LogP contribution in [0.15, 0.2) is 60.8 Å². The van der Waals surface area contributed by atoms with Crippen molar-refractivity contribution in [3.63, 3.8) is 0 Å². The number of unbranched alkanes of at least 4 members (excludes halogenated alkanes) is 42. The molecule has 0 spiro atoms. The molecule has 4 heteroatoms. The van der Waals surface area contributed by atoms with E-state index in [-0.39, 0.29) is 12.5 Å². The molecule has 2 unspecified atom stereocenters. The van der Waals surface area contributed by atoms with Gasteiger partial charge in [0.2, 0.25) is 5.91 Å². The summed E-state index contributed by atoms with van der Waals surface area (Å²) < 4.78 is 0. The first-order chi connectivity index (χ1) is 35.2. The van der Waals surface area contributed by atoms with Crippen molar-refractivity contribution in [1.82, 2.24) is 5.32 Å². The number of allylic oxidation sites excluding steroid dienone is 10. The van der Waals surface area contributed by atoms with Crippen molar-refractivity contribution in [2.24, 2.45) is 0 Å². The van der Waals surface area contributed by atoms with Crippen LogP contribution < -0.4 is 5.32 Å². The van der Waals surface area contributed by atoms with Gasteiger partial charge < -0.3 is 15.5 Å². The van der Waals surface area contributed by atoms with Gasteiger partial charge in [-0.25, -0.2) is 0 Å². The molecule has 0 aliphatic rings. The summed E-state index contributed by atoms with van der Waals surface area (Å²) in [6.07, 6.45) is 88.2. The molecular formula is C67H125NO3. The smallest absolute Gasteiger partial charge is 0.220 e. The molecule has 0 bridgehead atoms. The minimum Gasteiger partial charge on any atom is -0.394 e. The maximum atomic E-state index is 12.5. The number of hydrogen-bond acceptors (Lipinski definition) is 3. The van der Waals surface area contributed by atoms with Gasteiger partial charge >= 0.3 is 0 Å².